The molecule has 0 aromatic heterocycles. The number of methoxy groups -OCH3 is 1. The van der Waals surface area contributed by atoms with Crippen molar-refractivity contribution in [1.82, 2.24) is 0 Å². The van der Waals surface area contributed by atoms with Gasteiger partial charge in [0.25, 0.3) is 0 Å². The highest BCUT2D eigenvalue weighted by Gasteiger charge is 2.54. The lowest BCUT2D eigenvalue weighted by atomic mass is 9.99. The molecule has 0 aromatic rings. The average Bonchev–Trinajstić information content (AvgIpc) is 2.99. The van der Waals surface area contributed by atoms with Gasteiger partial charge < -0.3 is 28.8 Å². The fourth-order valence-corrected chi connectivity index (χ4v) is 2.87. The number of terminal acetylenes is 1. The Balaban J connectivity index is 2.26. The average molecular weight is 340 g/mol. The van der Waals surface area contributed by atoms with Gasteiger partial charge in [0.2, 0.25) is 0 Å². The zero-order chi connectivity index (χ0) is 18.1. The maximum absolute atomic E-state index is 11.4. The Bertz CT molecular complexity index is 546. The van der Waals surface area contributed by atoms with E-state index in [0.717, 1.165) is 0 Å². The fourth-order valence-electron chi connectivity index (χ4n) is 2.87. The van der Waals surface area contributed by atoms with Crippen LogP contribution in [0.25, 0.3) is 0 Å². The molecule has 0 unspecified atom stereocenters. The molecule has 2 rings (SSSR count). The summed E-state index contributed by atoms with van der Waals surface area (Å²) in [5.41, 5.74) is 0. The quantitative estimate of drug-likeness (QED) is 0.459. The van der Waals surface area contributed by atoms with Crippen molar-refractivity contribution in [2.45, 2.75) is 69.8 Å². The lowest BCUT2D eigenvalue weighted by molar-refractivity contribution is -0.175. The van der Waals surface area contributed by atoms with Crippen molar-refractivity contribution >= 4 is 5.97 Å². The minimum Gasteiger partial charge on any atom is -0.466 e. The summed E-state index contributed by atoms with van der Waals surface area (Å²) < 4.78 is 27.9. The van der Waals surface area contributed by atoms with E-state index in [-0.39, 0.29) is 0 Å². The van der Waals surface area contributed by atoms with Crippen LogP contribution in [0.3, 0.4) is 0 Å². The molecule has 2 aliphatic rings. The second kappa shape index (κ2) is 6.82. The highest BCUT2D eigenvalue weighted by Crippen LogP contribution is 2.39. The van der Waals surface area contributed by atoms with E-state index in [1.54, 1.807) is 33.8 Å². The van der Waals surface area contributed by atoms with E-state index in [1.807, 2.05) is 0 Å². The van der Waals surface area contributed by atoms with Crippen LogP contribution in [-0.4, -0.2) is 60.3 Å². The first kappa shape index (κ1) is 18.9. The van der Waals surface area contributed by atoms with Gasteiger partial charge in [-0.15, -0.1) is 6.42 Å². The third-order valence-electron chi connectivity index (χ3n) is 3.76. The maximum Gasteiger partial charge on any atom is 0.330 e. The maximum atomic E-state index is 11.4. The lowest BCUT2D eigenvalue weighted by Gasteiger charge is -2.26. The smallest absolute Gasteiger partial charge is 0.330 e. The van der Waals surface area contributed by atoms with Gasteiger partial charge in [0, 0.05) is 6.08 Å². The molecule has 0 amide bonds. The molecule has 0 aliphatic carbocycles. The number of carbonyl (C=O) groups excluding carboxylic acids is 1. The summed E-state index contributed by atoms with van der Waals surface area (Å²) in [7, 11) is 1.29. The van der Waals surface area contributed by atoms with Crippen LogP contribution in [0.2, 0.25) is 0 Å². The van der Waals surface area contributed by atoms with Gasteiger partial charge in [0.05, 0.1) is 7.11 Å². The van der Waals surface area contributed by atoms with Crippen LogP contribution >= 0.6 is 0 Å². The highest BCUT2D eigenvalue weighted by molar-refractivity contribution is 5.81. The number of hydrogen-bond donors (Lipinski definition) is 1. The summed E-state index contributed by atoms with van der Waals surface area (Å²) in [6.45, 7) is 6.95. The van der Waals surface area contributed by atoms with Crippen LogP contribution in [-0.2, 0) is 28.5 Å². The highest BCUT2D eigenvalue weighted by atomic mass is 16.8. The first-order chi connectivity index (χ1) is 11.1. The minimum atomic E-state index is -1.16. The number of hydrogen-bond acceptors (Lipinski definition) is 7. The summed E-state index contributed by atoms with van der Waals surface area (Å²) >= 11 is 0. The van der Waals surface area contributed by atoms with E-state index in [1.165, 1.54) is 13.2 Å². The van der Waals surface area contributed by atoms with Crippen LogP contribution in [0.15, 0.2) is 12.2 Å². The van der Waals surface area contributed by atoms with Crippen molar-refractivity contribution in [2.75, 3.05) is 7.11 Å². The largest absolute Gasteiger partial charge is 0.466 e. The molecule has 0 bridgehead atoms. The second-order valence-electron chi connectivity index (χ2n) is 6.62. The van der Waals surface area contributed by atoms with E-state index in [9.17, 15) is 9.90 Å². The van der Waals surface area contributed by atoms with Crippen LogP contribution in [0.5, 0.6) is 0 Å². The van der Waals surface area contributed by atoms with Crippen LogP contribution < -0.4 is 0 Å². The van der Waals surface area contributed by atoms with Gasteiger partial charge >= 0.3 is 5.97 Å². The molecule has 0 radical (unpaired) electrons. The van der Waals surface area contributed by atoms with Gasteiger partial charge in [-0.25, -0.2) is 4.79 Å². The molecule has 2 saturated heterocycles. The summed E-state index contributed by atoms with van der Waals surface area (Å²) in [5, 5.41) is 10.1. The topological polar surface area (TPSA) is 83.5 Å². The summed E-state index contributed by atoms with van der Waals surface area (Å²) in [4.78, 5) is 11.4. The zero-order valence-electron chi connectivity index (χ0n) is 14.5. The normalized spacial score (nSPS) is 35.7. The third kappa shape index (κ3) is 4.15. The van der Waals surface area contributed by atoms with Crippen molar-refractivity contribution in [3.05, 3.63) is 12.2 Å². The Hall–Kier alpha value is -1.43. The number of carbonyl (C=O) groups is 1. The van der Waals surface area contributed by atoms with Gasteiger partial charge in [0.15, 0.2) is 11.6 Å². The number of rotatable bonds is 4. The molecule has 0 spiro atoms. The van der Waals surface area contributed by atoms with Crippen molar-refractivity contribution in [1.29, 1.82) is 0 Å². The molecular weight excluding hydrogens is 316 g/mol. The monoisotopic (exact) mass is 340 g/mol. The lowest BCUT2D eigenvalue weighted by Crippen LogP contribution is -2.45. The Kier molecular flexibility index (Phi) is 5.37. The predicted octanol–water partition coefficient (Wildman–Crippen LogP) is 0.750. The molecule has 1 N–H and O–H groups in total. The molecule has 7 heteroatoms. The number of aliphatic hydroxyl groups excluding tert-OH is 1. The van der Waals surface area contributed by atoms with Crippen LogP contribution in [0.4, 0.5) is 0 Å². The standard InChI is InChI=1S/C17H24O7/c1-7-10(18)13-15(24-17(4,5)22-13)14-11(8-9-12(19)20-6)21-16(2,3)23-14/h1,8-11,13-15,18H,2-6H3/b9-8+/t10-,11+,13-,14-,15-/m1/s1. The van der Waals surface area contributed by atoms with Gasteiger partial charge in [0.1, 0.15) is 30.5 Å². The number of esters is 1. The zero-order valence-corrected chi connectivity index (χ0v) is 14.5. The van der Waals surface area contributed by atoms with Crippen molar-refractivity contribution < 1.29 is 33.6 Å². The first-order valence-corrected chi connectivity index (χ1v) is 7.70. The fraction of sp³-hybridized carbons (Fsp3) is 0.706. The Labute approximate surface area is 141 Å². The molecule has 0 saturated carbocycles. The van der Waals surface area contributed by atoms with Gasteiger partial charge in [-0.2, -0.15) is 0 Å². The van der Waals surface area contributed by atoms with Crippen molar-refractivity contribution in [2.24, 2.45) is 0 Å². The van der Waals surface area contributed by atoms with Crippen molar-refractivity contribution in [3.8, 4) is 12.3 Å². The van der Waals surface area contributed by atoms with Gasteiger partial charge in [-0.3, -0.25) is 0 Å². The molecule has 5 atom stereocenters. The van der Waals surface area contributed by atoms with Crippen molar-refractivity contribution in [3.63, 3.8) is 0 Å². The number of aliphatic hydroxyl groups is 1. The summed E-state index contributed by atoms with van der Waals surface area (Å²) in [5.74, 6) is -0.0751. The minimum absolute atomic E-state index is 0.508. The van der Waals surface area contributed by atoms with Crippen LogP contribution in [0, 0.1) is 12.3 Å². The predicted molar refractivity (Wildman–Crippen MR) is 83.6 cm³/mol. The third-order valence-corrected chi connectivity index (χ3v) is 3.76. The molecule has 2 fully saturated rings. The SMILES string of the molecule is C#C[C@@H](O)[C@H]1OC(C)(C)O[C@H]1[C@@H]1OC(C)(C)O[C@H]1/C=C/C(=O)OC. The van der Waals surface area contributed by atoms with E-state index >= 15 is 0 Å². The molecule has 134 valence electrons. The molecule has 7 nitrogen and oxygen atoms in total. The molecule has 0 aromatic carbocycles. The molecular formula is C17H24O7. The van der Waals surface area contributed by atoms with E-state index in [4.69, 9.17) is 25.4 Å². The number of ether oxygens (including phenoxy) is 5. The first-order valence-electron chi connectivity index (χ1n) is 7.70. The van der Waals surface area contributed by atoms with Crippen LogP contribution in [0.1, 0.15) is 27.7 Å². The summed E-state index contributed by atoms with van der Waals surface area (Å²) in [6.07, 6.45) is 4.32. The van der Waals surface area contributed by atoms with E-state index in [2.05, 4.69) is 10.7 Å². The van der Waals surface area contributed by atoms with Gasteiger partial charge in [-0.1, -0.05) is 5.92 Å². The Morgan fingerprint density at radius 3 is 2.33 bits per heavy atom. The van der Waals surface area contributed by atoms with Gasteiger partial charge in [-0.05, 0) is 33.8 Å². The molecule has 2 heterocycles. The molecule has 2 aliphatic heterocycles. The second-order valence-corrected chi connectivity index (χ2v) is 6.62. The Morgan fingerprint density at radius 2 is 1.75 bits per heavy atom. The van der Waals surface area contributed by atoms with E-state index in [0.29, 0.717) is 0 Å². The summed E-state index contributed by atoms with van der Waals surface area (Å²) in [6, 6.07) is 0. The van der Waals surface area contributed by atoms with E-state index < -0.39 is 48.1 Å². The molecule has 24 heavy (non-hydrogen) atoms. The Morgan fingerprint density at radius 1 is 1.17 bits per heavy atom.